The lowest BCUT2D eigenvalue weighted by molar-refractivity contribution is 0.0911. The Balaban J connectivity index is 3.11. The van der Waals surface area contributed by atoms with Gasteiger partial charge in [-0.05, 0) is 20.3 Å². The quantitative estimate of drug-likeness (QED) is 0.509. The van der Waals surface area contributed by atoms with Crippen LogP contribution in [0, 0.1) is 29.1 Å². The Kier molecular flexibility index (Phi) is 5.04. The third-order valence-corrected chi connectivity index (χ3v) is 2.51. The fourth-order valence-electron chi connectivity index (χ4n) is 1.67. The van der Waals surface area contributed by atoms with E-state index in [0.29, 0.717) is 0 Å². The number of benzene rings is 1. The Bertz CT molecular complexity index is 504. The van der Waals surface area contributed by atoms with Gasteiger partial charge in [0.1, 0.15) is 5.56 Å². The van der Waals surface area contributed by atoms with Crippen LogP contribution in [0.3, 0.4) is 0 Å². The Hall–Kier alpha value is -1.70. The summed E-state index contributed by atoms with van der Waals surface area (Å²) in [5, 5.41) is 11.1. The fourth-order valence-corrected chi connectivity index (χ4v) is 1.67. The molecule has 112 valence electrons. The van der Waals surface area contributed by atoms with Crippen molar-refractivity contribution in [2.75, 3.05) is 0 Å². The number of aliphatic hydroxyl groups is 1. The second-order valence-corrected chi connectivity index (χ2v) is 4.40. The lowest BCUT2D eigenvalue weighted by atomic mass is 10.1. The van der Waals surface area contributed by atoms with E-state index in [1.807, 2.05) is 5.32 Å². The summed E-state index contributed by atoms with van der Waals surface area (Å²) in [6.45, 7) is 2.83. The zero-order chi connectivity index (χ0) is 15.6. The average Bonchev–Trinajstić information content (AvgIpc) is 2.33. The van der Waals surface area contributed by atoms with Gasteiger partial charge in [-0.2, -0.15) is 0 Å². The van der Waals surface area contributed by atoms with Crippen LogP contribution >= 0.6 is 0 Å². The van der Waals surface area contributed by atoms with Crippen LogP contribution in [0.15, 0.2) is 0 Å². The molecule has 0 aromatic heterocycles. The number of nitrogens with one attached hydrogen (secondary N) is 1. The fraction of sp³-hybridized carbons (Fsp3) is 0.417. The van der Waals surface area contributed by atoms with Gasteiger partial charge >= 0.3 is 0 Å². The lowest BCUT2D eigenvalue weighted by Crippen LogP contribution is -2.36. The smallest absolute Gasteiger partial charge is 0.257 e. The van der Waals surface area contributed by atoms with Crippen molar-refractivity contribution < 1.29 is 31.9 Å². The van der Waals surface area contributed by atoms with Crippen molar-refractivity contribution in [3.05, 3.63) is 34.6 Å². The number of aliphatic hydroxyl groups excluding tert-OH is 1. The third-order valence-electron chi connectivity index (χ3n) is 2.51. The SMILES string of the molecule is CC(O)CC(C)NC(=O)c1c(F)c(F)c(F)c(F)c1F. The molecule has 20 heavy (non-hydrogen) atoms. The minimum Gasteiger partial charge on any atom is -0.393 e. The first-order chi connectivity index (χ1) is 9.16. The average molecular weight is 297 g/mol. The van der Waals surface area contributed by atoms with Crippen LogP contribution in [0.2, 0.25) is 0 Å². The highest BCUT2D eigenvalue weighted by atomic mass is 19.2. The van der Waals surface area contributed by atoms with E-state index in [9.17, 15) is 26.7 Å². The van der Waals surface area contributed by atoms with Crippen LogP contribution in [0.5, 0.6) is 0 Å². The summed E-state index contributed by atoms with van der Waals surface area (Å²) in [4.78, 5) is 11.6. The van der Waals surface area contributed by atoms with E-state index in [0.717, 1.165) is 0 Å². The van der Waals surface area contributed by atoms with E-state index in [2.05, 4.69) is 0 Å². The number of amides is 1. The summed E-state index contributed by atoms with van der Waals surface area (Å²) in [6.07, 6.45) is -0.747. The van der Waals surface area contributed by atoms with Crippen molar-refractivity contribution in [3.63, 3.8) is 0 Å². The number of hydrogen-bond acceptors (Lipinski definition) is 2. The number of hydrogen-bond donors (Lipinski definition) is 2. The van der Waals surface area contributed by atoms with Crippen LogP contribution < -0.4 is 5.32 Å². The molecule has 0 bridgehead atoms. The van der Waals surface area contributed by atoms with Crippen molar-refractivity contribution in [1.82, 2.24) is 5.32 Å². The van der Waals surface area contributed by atoms with Gasteiger partial charge < -0.3 is 10.4 Å². The summed E-state index contributed by atoms with van der Waals surface area (Å²) in [7, 11) is 0. The molecule has 0 saturated carbocycles. The zero-order valence-corrected chi connectivity index (χ0v) is 10.6. The molecule has 1 amide bonds. The van der Waals surface area contributed by atoms with Crippen molar-refractivity contribution in [2.45, 2.75) is 32.4 Å². The van der Waals surface area contributed by atoms with E-state index >= 15 is 0 Å². The zero-order valence-electron chi connectivity index (χ0n) is 10.6. The molecular weight excluding hydrogens is 285 g/mol. The molecule has 1 rings (SSSR count). The van der Waals surface area contributed by atoms with Gasteiger partial charge in [-0.15, -0.1) is 0 Å². The summed E-state index contributed by atoms with van der Waals surface area (Å²) < 4.78 is 65.3. The molecule has 0 aliphatic rings. The molecule has 0 spiro atoms. The molecule has 3 nitrogen and oxygen atoms in total. The Morgan fingerprint density at radius 1 is 1.00 bits per heavy atom. The maximum absolute atomic E-state index is 13.3. The molecule has 8 heteroatoms. The van der Waals surface area contributed by atoms with Crippen LogP contribution in [0.25, 0.3) is 0 Å². The van der Waals surface area contributed by atoms with Crippen LogP contribution in [0.1, 0.15) is 30.6 Å². The third kappa shape index (κ3) is 3.24. The molecule has 1 aromatic rings. The van der Waals surface area contributed by atoms with Gasteiger partial charge in [-0.1, -0.05) is 0 Å². The van der Waals surface area contributed by atoms with E-state index in [-0.39, 0.29) is 6.42 Å². The molecular formula is C12H12F5NO2. The first-order valence-electron chi connectivity index (χ1n) is 5.67. The molecule has 2 unspecified atom stereocenters. The minimum atomic E-state index is -2.33. The van der Waals surface area contributed by atoms with Gasteiger partial charge in [0.2, 0.25) is 5.82 Å². The summed E-state index contributed by atoms with van der Waals surface area (Å²) in [5.74, 6) is -12.5. The molecule has 2 N–H and O–H groups in total. The number of rotatable bonds is 4. The molecule has 0 aliphatic carbocycles. The highest BCUT2D eigenvalue weighted by molar-refractivity contribution is 5.95. The second kappa shape index (κ2) is 6.17. The van der Waals surface area contributed by atoms with E-state index < -0.39 is 52.7 Å². The molecule has 0 heterocycles. The van der Waals surface area contributed by atoms with Crippen molar-refractivity contribution in [1.29, 1.82) is 0 Å². The number of carbonyl (C=O) groups is 1. The van der Waals surface area contributed by atoms with Gasteiger partial charge in [0.15, 0.2) is 23.3 Å². The van der Waals surface area contributed by atoms with Crippen LogP contribution in [-0.2, 0) is 0 Å². The van der Waals surface area contributed by atoms with Gasteiger partial charge in [0.05, 0.1) is 6.10 Å². The second-order valence-electron chi connectivity index (χ2n) is 4.40. The summed E-state index contributed by atoms with van der Waals surface area (Å²) >= 11 is 0. The number of carbonyl (C=O) groups excluding carboxylic acids is 1. The van der Waals surface area contributed by atoms with Gasteiger partial charge in [-0.25, -0.2) is 22.0 Å². The minimum absolute atomic E-state index is 0.0567. The topological polar surface area (TPSA) is 49.3 Å². The van der Waals surface area contributed by atoms with Gasteiger partial charge in [0, 0.05) is 6.04 Å². The van der Waals surface area contributed by atoms with Crippen LogP contribution in [0.4, 0.5) is 22.0 Å². The van der Waals surface area contributed by atoms with E-state index in [1.165, 1.54) is 13.8 Å². The molecule has 0 saturated heterocycles. The van der Waals surface area contributed by atoms with Crippen molar-refractivity contribution in [2.24, 2.45) is 0 Å². The normalized spacial score (nSPS) is 14.0. The van der Waals surface area contributed by atoms with Crippen molar-refractivity contribution in [3.8, 4) is 0 Å². The molecule has 1 aromatic carbocycles. The highest BCUT2D eigenvalue weighted by Crippen LogP contribution is 2.23. The largest absolute Gasteiger partial charge is 0.393 e. The Morgan fingerprint density at radius 2 is 1.40 bits per heavy atom. The molecule has 0 aliphatic heterocycles. The van der Waals surface area contributed by atoms with E-state index in [1.54, 1.807) is 0 Å². The summed E-state index contributed by atoms with van der Waals surface area (Å²) in [5.41, 5.74) is -1.54. The van der Waals surface area contributed by atoms with Crippen molar-refractivity contribution >= 4 is 5.91 Å². The summed E-state index contributed by atoms with van der Waals surface area (Å²) in [6, 6.07) is -0.711. The van der Waals surface area contributed by atoms with Gasteiger partial charge in [-0.3, -0.25) is 4.79 Å². The predicted molar refractivity (Wildman–Crippen MR) is 59.5 cm³/mol. The first-order valence-corrected chi connectivity index (χ1v) is 5.67. The standard InChI is InChI=1S/C12H12F5NO2/c1-4(3-5(2)19)18-12(20)6-7(13)9(15)11(17)10(16)8(6)14/h4-5,19H,3H2,1-2H3,(H,18,20). The lowest BCUT2D eigenvalue weighted by Gasteiger charge is -2.16. The van der Waals surface area contributed by atoms with Gasteiger partial charge in [0.25, 0.3) is 5.91 Å². The molecule has 2 atom stereocenters. The van der Waals surface area contributed by atoms with Crippen LogP contribution in [-0.4, -0.2) is 23.2 Å². The highest BCUT2D eigenvalue weighted by Gasteiger charge is 2.30. The number of halogens is 5. The molecule has 0 radical (unpaired) electrons. The monoisotopic (exact) mass is 297 g/mol. The first kappa shape index (κ1) is 16.4. The Morgan fingerprint density at radius 3 is 1.80 bits per heavy atom. The maximum Gasteiger partial charge on any atom is 0.257 e. The Labute approximate surface area is 111 Å². The molecule has 0 fully saturated rings. The predicted octanol–water partition coefficient (Wildman–Crippen LogP) is 2.27. The maximum atomic E-state index is 13.3. The van der Waals surface area contributed by atoms with E-state index in [4.69, 9.17) is 5.11 Å².